The number of piperidine rings is 1. The zero-order valence-electron chi connectivity index (χ0n) is 14.9. The van der Waals surface area contributed by atoms with Gasteiger partial charge in [-0.2, -0.15) is 0 Å². The van der Waals surface area contributed by atoms with Crippen LogP contribution in [0.15, 0.2) is 18.2 Å². The highest BCUT2D eigenvalue weighted by Gasteiger charge is 2.27. The Morgan fingerprint density at radius 2 is 1.96 bits per heavy atom. The van der Waals surface area contributed by atoms with Crippen LogP contribution in [0.4, 0.5) is 10.5 Å². The van der Waals surface area contributed by atoms with Gasteiger partial charge in [0, 0.05) is 25.2 Å². The Kier molecular flexibility index (Phi) is 5.47. The molecule has 24 heavy (non-hydrogen) atoms. The van der Waals surface area contributed by atoms with Crippen LogP contribution in [-0.2, 0) is 11.2 Å². The zero-order chi connectivity index (χ0) is 17.9. The standard InChI is InChI=1S/C18H26N2O4/c1-13-11-16(20(22)23)6-5-15(13)12-14-7-9-19(10-8-14)17(21)24-18(2,3)4/h5-6,11,14H,7-10,12H2,1-4H3. The average Bonchev–Trinajstić information content (AvgIpc) is 2.48. The summed E-state index contributed by atoms with van der Waals surface area (Å²) < 4.78 is 5.41. The second-order valence-corrected chi connectivity index (χ2v) is 7.48. The molecule has 132 valence electrons. The molecule has 1 aromatic carbocycles. The number of likely N-dealkylation sites (tertiary alicyclic amines) is 1. The van der Waals surface area contributed by atoms with Gasteiger partial charge in [-0.3, -0.25) is 10.1 Å². The van der Waals surface area contributed by atoms with Gasteiger partial charge in [-0.15, -0.1) is 0 Å². The molecule has 0 aromatic heterocycles. The first-order valence-electron chi connectivity index (χ1n) is 8.37. The summed E-state index contributed by atoms with van der Waals surface area (Å²) in [5, 5.41) is 10.8. The Labute approximate surface area is 142 Å². The van der Waals surface area contributed by atoms with Crippen molar-refractivity contribution in [2.24, 2.45) is 5.92 Å². The molecule has 0 bridgehead atoms. The Hall–Kier alpha value is -2.11. The van der Waals surface area contributed by atoms with Crippen molar-refractivity contribution in [2.45, 2.75) is 52.6 Å². The van der Waals surface area contributed by atoms with Crippen molar-refractivity contribution in [3.8, 4) is 0 Å². The van der Waals surface area contributed by atoms with E-state index < -0.39 is 5.60 Å². The van der Waals surface area contributed by atoms with Crippen LogP contribution in [0.3, 0.4) is 0 Å². The van der Waals surface area contributed by atoms with Crippen molar-refractivity contribution < 1.29 is 14.5 Å². The lowest BCUT2D eigenvalue weighted by atomic mass is 9.88. The number of non-ortho nitro benzene ring substituents is 1. The van der Waals surface area contributed by atoms with E-state index in [0.717, 1.165) is 30.4 Å². The number of hydrogen-bond donors (Lipinski definition) is 0. The van der Waals surface area contributed by atoms with Crippen LogP contribution in [0.25, 0.3) is 0 Å². The van der Waals surface area contributed by atoms with Crippen LogP contribution in [0.1, 0.15) is 44.7 Å². The molecule has 2 rings (SSSR count). The van der Waals surface area contributed by atoms with E-state index in [4.69, 9.17) is 4.74 Å². The van der Waals surface area contributed by atoms with Gasteiger partial charge >= 0.3 is 6.09 Å². The number of ether oxygens (including phenoxy) is 1. The molecule has 1 aromatic rings. The van der Waals surface area contributed by atoms with Gasteiger partial charge < -0.3 is 9.64 Å². The van der Waals surface area contributed by atoms with E-state index in [-0.39, 0.29) is 16.7 Å². The average molecular weight is 334 g/mol. The van der Waals surface area contributed by atoms with Crippen LogP contribution in [-0.4, -0.2) is 34.6 Å². The fourth-order valence-electron chi connectivity index (χ4n) is 2.98. The van der Waals surface area contributed by atoms with Gasteiger partial charge in [-0.05, 0) is 64.0 Å². The normalized spacial score (nSPS) is 16.1. The summed E-state index contributed by atoms with van der Waals surface area (Å²) in [4.78, 5) is 24.3. The van der Waals surface area contributed by atoms with Gasteiger partial charge in [0.2, 0.25) is 0 Å². The Balaban J connectivity index is 1.89. The van der Waals surface area contributed by atoms with E-state index in [1.807, 2.05) is 33.8 Å². The van der Waals surface area contributed by atoms with Gasteiger partial charge in [0.25, 0.3) is 5.69 Å². The maximum absolute atomic E-state index is 12.1. The molecule has 6 heteroatoms. The third-order valence-corrected chi connectivity index (χ3v) is 4.31. The van der Waals surface area contributed by atoms with Crippen molar-refractivity contribution in [1.29, 1.82) is 0 Å². The minimum atomic E-state index is -0.468. The summed E-state index contributed by atoms with van der Waals surface area (Å²) in [6.07, 6.45) is 2.50. The quantitative estimate of drug-likeness (QED) is 0.616. The molecule has 1 saturated heterocycles. The predicted octanol–water partition coefficient (Wildman–Crippen LogP) is 4.09. The number of benzene rings is 1. The summed E-state index contributed by atoms with van der Waals surface area (Å²) in [7, 11) is 0. The highest BCUT2D eigenvalue weighted by molar-refractivity contribution is 5.68. The van der Waals surface area contributed by atoms with Gasteiger partial charge in [-0.1, -0.05) is 6.07 Å². The lowest BCUT2D eigenvalue weighted by molar-refractivity contribution is -0.384. The van der Waals surface area contributed by atoms with Crippen LogP contribution in [0.2, 0.25) is 0 Å². The molecule has 6 nitrogen and oxygen atoms in total. The van der Waals surface area contributed by atoms with Gasteiger partial charge in [0.1, 0.15) is 5.60 Å². The molecule has 0 radical (unpaired) electrons. The molecular weight excluding hydrogens is 308 g/mol. The predicted molar refractivity (Wildman–Crippen MR) is 92.1 cm³/mol. The number of amides is 1. The molecule has 0 N–H and O–H groups in total. The Morgan fingerprint density at radius 3 is 2.46 bits per heavy atom. The first kappa shape index (κ1) is 18.2. The monoisotopic (exact) mass is 334 g/mol. The van der Waals surface area contributed by atoms with Crippen LogP contribution in [0.5, 0.6) is 0 Å². The van der Waals surface area contributed by atoms with E-state index in [2.05, 4.69) is 0 Å². The molecule has 0 unspecified atom stereocenters. The van der Waals surface area contributed by atoms with E-state index in [1.54, 1.807) is 17.0 Å². The summed E-state index contributed by atoms with van der Waals surface area (Å²) in [6, 6.07) is 5.05. The number of rotatable bonds is 3. The Bertz CT molecular complexity index is 614. The summed E-state index contributed by atoms with van der Waals surface area (Å²) in [5.74, 6) is 0.490. The minimum Gasteiger partial charge on any atom is -0.444 e. The van der Waals surface area contributed by atoms with Crippen LogP contribution < -0.4 is 0 Å². The number of aryl methyl sites for hydroxylation is 1. The Morgan fingerprint density at radius 1 is 1.33 bits per heavy atom. The zero-order valence-corrected chi connectivity index (χ0v) is 14.9. The topological polar surface area (TPSA) is 72.7 Å². The van der Waals surface area contributed by atoms with E-state index in [1.165, 1.54) is 0 Å². The summed E-state index contributed by atoms with van der Waals surface area (Å²) in [6.45, 7) is 8.93. The van der Waals surface area contributed by atoms with Crippen molar-refractivity contribution in [1.82, 2.24) is 4.90 Å². The third-order valence-electron chi connectivity index (χ3n) is 4.31. The number of nitro groups is 1. The van der Waals surface area contributed by atoms with Gasteiger partial charge in [-0.25, -0.2) is 4.79 Å². The second kappa shape index (κ2) is 7.20. The van der Waals surface area contributed by atoms with Crippen molar-refractivity contribution in [3.05, 3.63) is 39.4 Å². The maximum Gasteiger partial charge on any atom is 0.410 e. The molecule has 1 amide bonds. The molecule has 0 aliphatic carbocycles. The lowest BCUT2D eigenvalue weighted by Crippen LogP contribution is -2.42. The summed E-state index contributed by atoms with van der Waals surface area (Å²) in [5.41, 5.74) is 1.77. The minimum absolute atomic E-state index is 0.135. The molecule has 1 heterocycles. The number of carbonyl (C=O) groups is 1. The van der Waals surface area contributed by atoms with E-state index in [9.17, 15) is 14.9 Å². The molecule has 1 aliphatic rings. The lowest BCUT2D eigenvalue weighted by Gasteiger charge is -2.33. The number of nitrogens with zero attached hydrogens (tertiary/aromatic N) is 2. The first-order valence-corrected chi connectivity index (χ1v) is 8.37. The molecule has 0 spiro atoms. The van der Waals surface area contributed by atoms with Crippen molar-refractivity contribution in [3.63, 3.8) is 0 Å². The highest BCUT2D eigenvalue weighted by Crippen LogP contribution is 2.26. The molecule has 1 fully saturated rings. The van der Waals surface area contributed by atoms with Crippen molar-refractivity contribution >= 4 is 11.8 Å². The highest BCUT2D eigenvalue weighted by atomic mass is 16.6. The van der Waals surface area contributed by atoms with Gasteiger partial charge in [0.05, 0.1) is 4.92 Å². The molecule has 0 atom stereocenters. The van der Waals surface area contributed by atoms with E-state index >= 15 is 0 Å². The summed E-state index contributed by atoms with van der Waals surface area (Å²) >= 11 is 0. The fraction of sp³-hybridized carbons (Fsp3) is 0.611. The number of carbonyl (C=O) groups excluding carboxylic acids is 1. The fourth-order valence-corrected chi connectivity index (χ4v) is 2.98. The number of hydrogen-bond acceptors (Lipinski definition) is 4. The smallest absolute Gasteiger partial charge is 0.410 e. The van der Waals surface area contributed by atoms with Crippen LogP contribution >= 0.6 is 0 Å². The van der Waals surface area contributed by atoms with Crippen LogP contribution in [0, 0.1) is 23.0 Å². The molecular formula is C18H26N2O4. The third kappa shape index (κ3) is 4.94. The maximum atomic E-state index is 12.1. The SMILES string of the molecule is Cc1cc([N+](=O)[O-])ccc1CC1CCN(C(=O)OC(C)(C)C)CC1. The first-order chi connectivity index (χ1) is 11.2. The molecule has 0 saturated carbocycles. The largest absolute Gasteiger partial charge is 0.444 e. The van der Waals surface area contributed by atoms with E-state index in [0.29, 0.717) is 19.0 Å². The second-order valence-electron chi connectivity index (χ2n) is 7.48. The number of nitro benzene ring substituents is 1. The molecule has 1 aliphatic heterocycles. The van der Waals surface area contributed by atoms with Crippen molar-refractivity contribution in [2.75, 3.05) is 13.1 Å². The van der Waals surface area contributed by atoms with Gasteiger partial charge in [0.15, 0.2) is 0 Å².